The summed E-state index contributed by atoms with van der Waals surface area (Å²) in [5.74, 6) is 0.764. The van der Waals surface area contributed by atoms with Crippen molar-refractivity contribution >= 4 is 17.4 Å². The summed E-state index contributed by atoms with van der Waals surface area (Å²) < 4.78 is 0. The normalized spacial score (nSPS) is 10.2. The Morgan fingerprint density at radius 3 is 2.73 bits per heavy atom. The largest absolute Gasteiger partial charge is 0.368 e. The van der Waals surface area contributed by atoms with Gasteiger partial charge in [0.25, 0.3) is 0 Å². The number of hydrogen-bond donors (Lipinski definition) is 1. The second kappa shape index (κ2) is 3.53. The first kappa shape index (κ1) is 8.27. The van der Waals surface area contributed by atoms with Gasteiger partial charge in [0.2, 0.25) is 0 Å². The summed E-state index contributed by atoms with van der Waals surface area (Å²) in [4.78, 5) is 7.73. The van der Waals surface area contributed by atoms with Crippen LogP contribution < -0.4 is 5.32 Å². The molecular formula is C7H10ClN3. The van der Waals surface area contributed by atoms with Crippen LogP contribution in [0.15, 0.2) is 12.4 Å². The lowest BCUT2D eigenvalue weighted by Gasteiger charge is -2.07. The number of halogens is 1. The molecule has 4 heteroatoms. The first-order chi connectivity index (χ1) is 5.18. The van der Waals surface area contributed by atoms with Crippen molar-refractivity contribution in [2.24, 2.45) is 0 Å². The summed E-state index contributed by atoms with van der Waals surface area (Å²) in [7, 11) is 0. The predicted molar refractivity (Wildman–Crippen MR) is 45.8 cm³/mol. The average Bonchev–Trinajstić information content (AvgIpc) is 1.85. The molecule has 11 heavy (non-hydrogen) atoms. The fraction of sp³-hybridized carbons (Fsp3) is 0.429. The maximum absolute atomic E-state index is 5.64. The van der Waals surface area contributed by atoms with Crippen molar-refractivity contribution in [2.45, 2.75) is 19.9 Å². The van der Waals surface area contributed by atoms with Gasteiger partial charge in [-0.25, -0.2) is 9.97 Å². The zero-order valence-electron chi connectivity index (χ0n) is 6.50. The van der Waals surface area contributed by atoms with E-state index in [1.165, 1.54) is 6.33 Å². The standard InChI is InChI=1S/C7H10ClN3/c1-5(2)11-7-3-6(8)9-4-10-7/h3-5H,1-2H3,(H,9,10,11). The molecule has 0 unspecified atom stereocenters. The van der Waals surface area contributed by atoms with Crippen molar-refractivity contribution in [3.63, 3.8) is 0 Å². The Labute approximate surface area is 70.8 Å². The first-order valence-electron chi connectivity index (χ1n) is 3.42. The van der Waals surface area contributed by atoms with E-state index in [-0.39, 0.29) is 0 Å². The molecule has 3 nitrogen and oxygen atoms in total. The van der Waals surface area contributed by atoms with E-state index in [1.807, 2.05) is 13.8 Å². The van der Waals surface area contributed by atoms with Gasteiger partial charge in [-0.15, -0.1) is 0 Å². The number of anilines is 1. The van der Waals surface area contributed by atoms with Gasteiger partial charge < -0.3 is 5.32 Å². The third kappa shape index (κ3) is 2.72. The summed E-state index contributed by atoms with van der Waals surface area (Å²) in [5, 5.41) is 3.57. The van der Waals surface area contributed by atoms with Gasteiger partial charge in [-0.1, -0.05) is 11.6 Å². The van der Waals surface area contributed by atoms with E-state index in [4.69, 9.17) is 11.6 Å². The molecule has 0 spiro atoms. The highest BCUT2D eigenvalue weighted by molar-refractivity contribution is 6.29. The molecule has 0 atom stereocenters. The molecule has 0 fully saturated rings. The zero-order chi connectivity index (χ0) is 8.27. The van der Waals surface area contributed by atoms with Crippen LogP contribution in [-0.4, -0.2) is 16.0 Å². The van der Waals surface area contributed by atoms with Crippen molar-refractivity contribution < 1.29 is 0 Å². The molecular weight excluding hydrogens is 162 g/mol. The van der Waals surface area contributed by atoms with Gasteiger partial charge in [0.15, 0.2) is 0 Å². The van der Waals surface area contributed by atoms with Crippen molar-refractivity contribution in [3.8, 4) is 0 Å². The molecule has 0 saturated heterocycles. The van der Waals surface area contributed by atoms with Crippen LogP contribution in [-0.2, 0) is 0 Å². The first-order valence-corrected chi connectivity index (χ1v) is 3.80. The van der Waals surface area contributed by atoms with Gasteiger partial charge in [-0.05, 0) is 13.8 Å². The fourth-order valence-corrected chi connectivity index (χ4v) is 0.855. The summed E-state index contributed by atoms with van der Waals surface area (Å²) >= 11 is 5.64. The highest BCUT2D eigenvalue weighted by Gasteiger charge is 1.96. The van der Waals surface area contributed by atoms with E-state index < -0.39 is 0 Å². The molecule has 1 rings (SSSR count). The third-order valence-corrected chi connectivity index (χ3v) is 1.28. The van der Waals surface area contributed by atoms with Crippen molar-refractivity contribution in [3.05, 3.63) is 17.5 Å². The van der Waals surface area contributed by atoms with E-state index in [2.05, 4.69) is 15.3 Å². The summed E-state index contributed by atoms with van der Waals surface area (Å²) in [5.41, 5.74) is 0. The average molecular weight is 172 g/mol. The van der Waals surface area contributed by atoms with Crippen LogP contribution in [0.5, 0.6) is 0 Å². The number of nitrogens with one attached hydrogen (secondary N) is 1. The molecule has 0 amide bonds. The molecule has 1 heterocycles. The minimum Gasteiger partial charge on any atom is -0.368 e. The Hall–Kier alpha value is -0.830. The lowest BCUT2D eigenvalue weighted by Crippen LogP contribution is -2.10. The molecule has 0 aliphatic rings. The van der Waals surface area contributed by atoms with Crippen LogP contribution in [0.4, 0.5) is 5.82 Å². The van der Waals surface area contributed by atoms with Gasteiger partial charge in [0.1, 0.15) is 17.3 Å². The second-order valence-electron chi connectivity index (χ2n) is 2.53. The quantitative estimate of drug-likeness (QED) is 0.692. The maximum atomic E-state index is 5.64. The second-order valence-corrected chi connectivity index (χ2v) is 2.91. The van der Waals surface area contributed by atoms with Crippen LogP contribution in [0.2, 0.25) is 5.15 Å². The smallest absolute Gasteiger partial charge is 0.134 e. The highest BCUT2D eigenvalue weighted by atomic mass is 35.5. The van der Waals surface area contributed by atoms with Gasteiger partial charge in [0.05, 0.1) is 0 Å². The Morgan fingerprint density at radius 2 is 2.18 bits per heavy atom. The van der Waals surface area contributed by atoms with Gasteiger partial charge >= 0.3 is 0 Å². The van der Waals surface area contributed by atoms with Crippen LogP contribution in [0.25, 0.3) is 0 Å². The molecule has 0 aliphatic heterocycles. The summed E-state index contributed by atoms with van der Waals surface area (Å²) in [6.45, 7) is 4.08. The predicted octanol–water partition coefficient (Wildman–Crippen LogP) is 1.95. The third-order valence-electron chi connectivity index (χ3n) is 1.07. The van der Waals surface area contributed by atoms with Crippen molar-refractivity contribution in [1.29, 1.82) is 0 Å². The fourth-order valence-electron chi connectivity index (χ4n) is 0.708. The van der Waals surface area contributed by atoms with Gasteiger partial charge in [-0.3, -0.25) is 0 Å². The lowest BCUT2D eigenvalue weighted by molar-refractivity contribution is 0.886. The summed E-state index contributed by atoms with van der Waals surface area (Å²) in [6.07, 6.45) is 1.44. The highest BCUT2D eigenvalue weighted by Crippen LogP contribution is 2.08. The molecule has 1 N–H and O–H groups in total. The minimum absolute atomic E-state index is 0.362. The molecule has 0 saturated carbocycles. The van der Waals surface area contributed by atoms with E-state index in [1.54, 1.807) is 6.07 Å². The molecule has 1 aromatic heterocycles. The van der Waals surface area contributed by atoms with Crippen LogP contribution >= 0.6 is 11.6 Å². The van der Waals surface area contributed by atoms with Crippen molar-refractivity contribution in [1.82, 2.24) is 9.97 Å². The zero-order valence-corrected chi connectivity index (χ0v) is 7.26. The number of rotatable bonds is 2. The molecule has 0 bridgehead atoms. The molecule has 0 aliphatic carbocycles. The summed E-state index contributed by atoms with van der Waals surface area (Å²) in [6, 6.07) is 2.06. The SMILES string of the molecule is CC(C)Nc1cc(Cl)ncn1. The Balaban J connectivity index is 2.71. The lowest BCUT2D eigenvalue weighted by atomic mass is 10.4. The molecule has 1 aromatic rings. The van der Waals surface area contributed by atoms with Crippen LogP contribution in [0.1, 0.15) is 13.8 Å². The molecule has 60 valence electrons. The van der Waals surface area contributed by atoms with E-state index in [9.17, 15) is 0 Å². The van der Waals surface area contributed by atoms with E-state index >= 15 is 0 Å². The number of aromatic nitrogens is 2. The monoisotopic (exact) mass is 171 g/mol. The number of nitrogens with zero attached hydrogens (tertiary/aromatic N) is 2. The maximum Gasteiger partial charge on any atom is 0.134 e. The van der Waals surface area contributed by atoms with E-state index in [0.717, 1.165) is 5.82 Å². The van der Waals surface area contributed by atoms with Crippen LogP contribution in [0, 0.1) is 0 Å². The van der Waals surface area contributed by atoms with Gasteiger partial charge in [0, 0.05) is 12.1 Å². The van der Waals surface area contributed by atoms with E-state index in [0.29, 0.717) is 11.2 Å². The molecule has 0 aromatic carbocycles. The Bertz CT molecular complexity index is 237. The van der Waals surface area contributed by atoms with Crippen molar-refractivity contribution in [2.75, 3.05) is 5.32 Å². The van der Waals surface area contributed by atoms with Crippen LogP contribution in [0.3, 0.4) is 0 Å². The number of hydrogen-bond acceptors (Lipinski definition) is 3. The Morgan fingerprint density at radius 1 is 1.45 bits per heavy atom. The van der Waals surface area contributed by atoms with Gasteiger partial charge in [-0.2, -0.15) is 0 Å². The minimum atomic E-state index is 0.362. The molecule has 0 radical (unpaired) electrons. The Kier molecular flexibility index (Phi) is 2.65. The topological polar surface area (TPSA) is 37.8 Å².